The van der Waals surface area contributed by atoms with E-state index in [0.717, 1.165) is 11.1 Å². The maximum atomic E-state index is 13.5. The summed E-state index contributed by atoms with van der Waals surface area (Å²) in [5.74, 6) is 0.159. The number of rotatable bonds is 5. The molecule has 0 bridgehead atoms. The Kier molecular flexibility index (Phi) is 6.38. The number of benzene rings is 1. The van der Waals surface area contributed by atoms with Crippen LogP contribution >= 0.6 is 27.3 Å². The number of methoxy groups -OCH3 is 1. The van der Waals surface area contributed by atoms with Gasteiger partial charge in [-0.15, -0.1) is 0 Å². The highest BCUT2D eigenvalue weighted by Gasteiger charge is 2.33. The Morgan fingerprint density at radius 3 is 2.69 bits per heavy atom. The number of pyridine rings is 1. The van der Waals surface area contributed by atoms with Gasteiger partial charge in [0, 0.05) is 12.4 Å². The lowest BCUT2D eigenvalue weighted by atomic mass is 9.96. The highest BCUT2D eigenvalue weighted by Crippen LogP contribution is 2.34. The minimum Gasteiger partial charge on any atom is -0.496 e. The van der Waals surface area contributed by atoms with Crippen LogP contribution in [-0.4, -0.2) is 29.2 Å². The summed E-state index contributed by atoms with van der Waals surface area (Å²) in [5.41, 5.74) is 2.24. The molecule has 0 amide bonds. The van der Waals surface area contributed by atoms with Crippen LogP contribution in [-0.2, 0) is 9.53 Å². The minimum absolute atomic E-state index is 0.223. The average Bonchev–Trinajstić information content (AvgIpc) is 3.08. The van der Waals surface area contributed by atoms with Crippen molar-refractivity contribution < 1.29 is 14.3 Å². The molecule has 1 aliphatic heterocycles. The Morgan fingerprint density at radius 2 is 2.03 bits per heavy atom. The molecule has 0 saturated heterocycles. The van der Waals surface area contributed by atoms with Gasteiger partial charge in [-0.05, 0) is 71.2 Å². The quantitative estimate of drug-likeness (QED) is 0.489. The molecule has 7 nitrogen and oxygen atoms in total. The molecule has 1 aliphatic rings. The number of halogens is 1. The van der Waals surface area contributed by atoms with Crippen LogP contribution in [0.3, 0.4) is 0 Å². The second-order valence-electron chi connectivity index (χ2n) is 6.98. The van der Waals surface area contributed by atoms with E-state index in [1.807, 2.05) is 24.3 Å². The summed E-state index contributed by atoms with van der Waals surface area (Å²) in [5, 5.41) is 0. The summed E-state index contributed by atoms with van der Waals surface area (Å²) in [6, 6.07) is 8.46. The summed E-state index contributed by atoms with van der Waals surface area (Å²) >= 11 is 4.79. The van der Waals surface area contributed by atoms with Gasteiger partial charge in [-0.25, -0.2) is 9.79 Å². The molecule has 4 rings (SSSR count). The summed E-state index contributed by atoms with van der Waals surface area (Å²) in [4.78, 5) is 35.5. The number of allylic oxidation sites excluding steroid dienone is 1. The largest absolute Gasteiger partial charge is 0.496 e. The topological polar surface area (TPSA) is 82.8 Å². The van der Waals surface area contributed by atoms with Crippen molar-refractivity contribution in [2.45, 2.75) is 19.9 Å². The maximum Gasteiger partial charge on any atom is 0.338 e. The lowest BCUT2D eigenvalue weighted by Gasteiger charge is -2.25. The molecule has 0 N–H and O–H groups in total. The summed E-state index contributed by atoms with van der Waals surface area (Å²) in [6.07, 6.45) is 5.14. The molecule has 0 radical (unpaired) electrons. The first-order valence-electron chi connectivity index (χ1n) is 9.87. The smallest absolute Gasteiger partial charge is 0.338 e. The second kappa shape index (κ2) is 9.22. The molecular formula is C23H20BrN3O4S. The van der Waals surface area contributed by atoms with Crippen LogP contribution in [0.1, 0.15) is 31.0 Å². The van der Waals surface area contributed by atoms with Crippen molar-refractivity contribution >= 4 is 39.3 Å². The van der Waals surface area contributed by atoms with E-state index in [4.69, 9.17) is 9.47 Å². The predicted octanol–water partition coefficient (Wildman–Crippen LogP) is 2.96. The van der Waals surface area contributed by atoms with Gasteiger partial charge in [0.25, 0.3) is 5.56 Å². The Balaban J connectivity index is 1.97. The molecule has 0 aliphatic carbocycles. The Hall–Kier alpha value is -3.04. The summed E-state index contributed by atoms with van der Waals surface area (Å²) in [6.45, 7) is 3.73. The molecule has 1 atom stereocenters. The predicted molar refractivity (Wildman–Crippen MR) is 125 cm³/mol. The first kappa shape index (κ1) is 22.2. The van der Waals surface area contributed by atoms with Crippen LogP contribution < -0.4 is 19.6 Å². The van der Waals surface area contributed by atoms with Gasteiger partial charge < -0.3 is 9.47 Å². The van der Waals surface area contributed by atoms with Gasteiger partial charge in [-0.2, -0.15) is 0 Å². The number of aromatic nitrogens is 2. The molecule has 3 aromatic rings. The number of fused-ring (bicyclic) bond motifs is 1. The molecule has 164 valence electrons. The fraction of sp³-hybridized carbons (Fsp3) is 0.217. The lowest BCUT2D eigenvalue weighted by molar-refractivity contribution is -0.139. The summed E-state index contributed by atoms with van der Waals surface area (Å²) in [7, 11) is 1.58. The number of carbonyl (C=O) groups is 1. The number of nitrogens with zero attached hydrogens (tertiary/aromatic N) is 3. The van der Waals surface area contributed by atoms with Gasteiger partial charge in [-0.1, -0.05) is 17.4 Å². The standard InChI is InChI=1S/C23H20BrN3O4S/c1-4-31-22(29)19-13(2)26-23-27(20(19)15-5-6-17(30-3)16(24)12-15)21(28)18(32-23)11-14-7-9-25-10-8-14/h5-12,20H,4H2,1-3H3/b18-11+/t20-/m1/s1. The zero-order valence-corrected chi connectivity index (χ0v) is 20.1. The number of esters is 1. The van der Waals surface area contributed by atoms with Crippen molar-refractivity contribution in [2.75, 3.05) is 13.7 Å². The van der Waals surface area contributed by atoms with Gasteiger partial charge in [0.1, 0.15) is 5.75 Å². The zero-order valence-electron chi connectivity index (χ0n) is 17.7. The molecule has 0 saturated carbocycles. The van der Waals surface area contributed by atoms with Crippen molar-refractivity contribution in [2.24, 2.45) is 4.99 Å². The molecule has 0 unspecified atom stereocenters. The van der Waals surface area contributed by atoms with Gasteiger partial charge in [-0.3, -0.25) is 14.3 Å². The fourth-order valence-electron chi connectivity index (χ4n) is 3.57. The highest BCUT2D eigenvalue weighted by molar-refractivity contribution is 9.10. The monoisotopic (exact) mass is 513 g/mol. The first-order chi connectivity index (χ1) is 15.4. The molecule has 32 heavy (non-hydrogen) atoms. The number of carbonyl (C=O) groups excluding carboxylic acids is 1. The Morgan fingerprint density at radius 1 is 1.28 bits per heavy atom. The number of ether oxygens (including phenoxy) is 2. The van der Waals surface area contributed by atoms with Crippen LogP contribution in [0.25, 0.3) is 6.08 Å². The molecule has 9 heteroatoms. The van der Waals surface area contributed by atoms with Gasteiger partial charge in [0.15, 0.2) is 4.80 Å². The molecule has 3 heterocycles. The fourth-order valence-corrected chi connectivity index (χ4v) is 5.18. The van der Waals surface area contributed by atoms with Crippen molar-refractivity contribution in [3.8, 4) is 5.75 Å². The molecule has 0 fully saturated rings. The number of hydrogen-bond acceptors (Lipinski definition) is 7. The van der Waals surface area contributed by atoms with E-state index in [1.54, 1.807) is 50.1 Å². The molecule has 2 aromatic heterocycles. The van der Waals surface area contributed by atoms with Gasteiger partial charge in [0.2, 0.25) is 0 Å². The van der Waals surface area contributed by atoms with E-state index in [-0.39, 0.29) is 12.2 Å². The first-order valence-corrected chi connectivity index (χ1v) is 11.5. The van der Waals surface area contributed by atoms with Crippen LogP contribution in [0.4, 0.5) is 0 Å². The zero-order chi connectivity index (χ0) is 22.8. The van der Waals surface area contributed by atoms with Crippen LogP contribution in [0.15, 0.2) is 68.3 Å². The minimum atomic E-state index is -0.674. The van der Waals surface area contributed by atoms with Gasteiger partial charge in [0.05, 0.1) is 40.0 Å². The molecular weight excluding hydrogens is 494 g/mol. The highest BCUT2D eigenvalue weighted by atomic mass is 79.9. The normalized spacial score (nSPS) is 15.9. The average molecular weight is 514 g/mol. The third kappa shape index (κ3) is 4.05. The van der Waals surface area contributed by atoms with E-state index < -0.39 is 12.0 Å². The van der Waals surface area contributed by atoms with E-state index in [9.17, 15) is 9.59 Å². The number of thiazole rings is 1. The van der Waals surface area contributed by atoms with Gasteiger partial charge >= 0.3 is 5.97 Å². The van der Waals surface area contributed by atoms with Crippen molar-refractivity contribution in [3.63, 3.8) is 0 Å². The third-order valence-corrected chi connectivity index (χ3v) is 6.62. The summed E-state index contributed by atoms with van der Waals surface area (Å²) < 4.78 is 13.5. The SMILES string of the molecule is CCOC(=O)C1=C(C)N=c2s/c(=C/c3ccncc3)c(=O)n2[C@@H]1c1ccc(OC)c(Br)c1. The van der Waals surface area contributed by atoms with E-state index >= 15 is 0 Å². The molecule has 1 aromatic carbocycles. The van der Waals surface area contributed by atoms with Crippen molar-refractivity contribution in [1.82, 2.24) is 9.55 Å². The van der Waals surface area contributed by atoms with E-state index in [1.165, 1.54) is 11.3 Å². The van der Waals surface area contributed by atoms with Crippen molar-refractivity contribution in [1.29, 1.82) is 0 Å². The van der Waals surface area contributed by atoms with Crippen LogP contribution in [0, 0.1) is 0 Å². The third-order valence-electron chi connectivity index (χ3n) is 5.01. The van der Waals surface area contributed by atoms with Crippen LogP contribution in [0.2, 0.25) is 0 Å². The Bertz CT molecular complexity index is 1390. The lowest BCUT2D eigenvalue weighted by Crippen LogP contribution is -2.39. The second-order valence-corrected chi connectivity index (χ2v) is 8.84. The maximum absolute atomic E-state index is 13.5. The molecule has 0 spiro atoms. The van der Waals surface area contributed by atoms with E-state index in [0.29, 0.717) is 30.8 Å². The van der Waals surface area contributed by atoms with E-state index in [2.05, 4.69) is 25.9 Å². The Labute approximate surface area is 196 Å². The van der Waals surface area contributed by atoms with Crippen molar-refractivity contribution in [3.05, 3.63) is 89.3 Å². The van der Waals surface area contributed by atoms with Crippen LogP contribution in [0.5, 0.6) is 5.75 Å². The number of hydrogen-bond donors (Lipinski definition) is 0.